The van der Waals surface area contributed by atoms with Gasteiger partial charge in [0.25, 0.3) is 0 Å². The number of rotatable bonds is 3. The van der Waals surface area contributed by atoms with Crippen molar-refractivity contribution in [1.29, 1.82) is 0 Å². The van der Waals surface area contributed by atoms with Crippen LogP contribution in [0.2, 0.25) is 0 Å². The van der Waals surface area contributed by atoms with Gasteiger partial charge in [-0.1, -0.05) is 12.1 Å². The smallest absolute Gasteiger partial charge is 0.420 e. The first-order valence-corrected chi connectivity index (χ1v) is 8.87. The van der Waals surface area contributed by atoms with Crippen LogP contribution in [0, 0.1) is 6.92 Å². The molecule has 0 unspecified atom stereocenters. The number of amides is 1. The van der Waals surface area contributed by atoms with Crippen LogP contribution in [0.5, 0.6) is 5.75 Å². The third kappa shape index (κ3) is 3.98. The standard InChI is InChI=1S/C21H24N4O3/c1-13-7-6-8-14(9-13)25(20(26)28-21(2,3)4)19-15-10-16(22)18(27-5)11-17(15)23-12-24-19/h6-12H,22H2,1-5H3. The third-order valence-electron chi connectivity index (χ3n) is 4.01. The quantitative estimate of drug-likeness (QED) is 0.668. The number of aryl methyl sites for hydroxylation is 1. The Balaban J connectivity index is 2.23. The number of fused-ring (bicyclic) bond motifs is 1. The van der Waals surface area contributed by atoms with Gasteiger partial charge in [-0.2, -0.15) is 0 Å². The number of carbonyl (C=O) groups excluding carboxylic acids is 1. The monoisotopic (exact) mass is 380 g/mol. The van der Waals surface area contributed by atoms with E-state index in [1.165, 1.54) is 11.2 Å². The summed E-state index contributed by atoms with van der Waals surface area (Å²) in [6.07, 6.45) is 0.869. The molecule has 3 rings (SSSR count). The number of hydrogen-bond donors (Lipinski definition) is 1. The number of carbonyl (C=O) groups is 1. The van der Waals surface area contributed by atoms with Crippen molar-refractivity contribution in [3.8, 4) is 5.75 Å². The summed E-state index contributed by atoms with van der Waals surface area (Å²) < 4.78 is 10.9. The first-order chi connectivity index (χ1) is 13.2. The van der Waals surface area contributed by atoms with Crippen LogP contribution in [0.25, 0.3) is 10.9 Å². The molecule has 1 aromatic heterocycles. The van der Waals surface area contributed by atoms with Gasteiger partial charge in [0, 0.05) is 11.5 Å². The highest BCUT2D eigenvalue weighted by atomic mass is 16.6. The zero-order valence-electron chi connectivity index (χ0n) is 16.7. The van der Waals surface area contributed by atoms with E-state index >= 15 is 0 Å². The molecule has 0 aliphatic heterocycles. The van der Waals surface area contributed by atoms with Crippen molar-refractivity contribution in [3.05, 3.63) is 48.3 Å². The van der Waals surface area contributed by atoms with Crippen LogP contribution in [0.4, 0.5) is 22.0 Å². The average molecular weight is 380 g/mol. The summed E-state index contributed by atoms with van der Waals surface area (Å²) in [6.45, 7) is 7.42. The van der Waals surface area contributed by atoms with Gasteiger partial charge < -0.3 is 15.2 Å². The van der Waals surface area contributed by atoms with E-state index in [-0.39, 0.29) is 0 Å². The fourth-order valence-electron chi connectivity index (χ4n) is 2.83. The van der Waals surface area contributed by atoms with Gasteiger partial charge in [0.2, 0.25) is 0 Å². The number of nitrogen functional groups attached to an aromatic ring is 1. The molecule has 146 valence electrons. The van der Waals surface area contributed by atoms with Crippen LogP contribution in [-0.2, 0) is 4.74 Å². The number of nitrogens with zero attached hydrogens (tertiary/aromatic N) is 3. The van der Waals surface area contributed by atoms with E-state index in [2.05, 4.69) is 9.97 Å². The zero-order chi connectivity index (χ0) is 20.5. The summed E-state index contributed by atoms with van der Waals surface area (Å²) in [4.78, 5) is 23.2. The van der Waals surface area contributed by atoms with Gasteiger partial charge in [0.05, 0.1) is 24.0 Å². The van der Waals surface area contributed by atoms with E-state index in [4.69, 9.17) is 15.2 Å². The lowest BCUT2D eigenvalue weighted by Crippen LogP contribution is -2.34. The summed E-state index contributed by atoms with van der Waals surface area (Å²) in [5, 5.41) is 0.619. The van der Waals surface area contributed by atoms with Crippen molar-refractivity contribution in [2.45, 2.75) is 33.3 Å². The number of methoxy groups -OCH3 is 1. The lowest BCUT2D eigenvalue weighted by atomic mass is 10.1. The highest BCUT2D eigenvalue weighted by Crippen LogP contribution is 2.35. The van der Waals surface area contributed by atoms with Crippen LogP contribution in [0.3, 0.4) is 0 Å². The molecule has 0 aliphatic carbocycles. The highest BCUT2D eigenvalue weighted by Gasteiger charge is 2.27. The molecule has 0 atom stereocenters. The van der Waals surface area contributed by atoms with Crippen molar-refractivity contribution in [2.75, 3.05) is 17.7 Å². The molecular formula is C21H24N4O3. The second kappa shape index (κ2) is 7.34. The van der Waals surface area contributed by atoms with Gasteiger partial charge in [-0.3, -0.25) is 0 Å². The second-order valence-corrected chi connectivity index (χ2v) is 7.46. The fourth-order valence-corrected chi connectivity index (χ4v) is 2.83. The Morgan fingerprint density at radius 1 is 1.14 bits per heavy atom. The maximum Gasteiger partial charge on any atom is 0.420 e. The minimum absolute atomic E-state index is 0.388. The van der Waals surface area contributed by atoms with Crippen LogP contribution >= 0.6 is 0 Å². The lowest BCUT2D eigenvalue weighted by Gasteiger charge is -2.27. The number of anilines is 3. The zero-order valence-corrected chi connectivity index (χ0v) is 16.7. The van der Waals surface area contributed by atoms with Crippen LogP contribution < -0.4 is 15.4 Å². The lowest BCUT2D eigenvalue weighted by molar-refractivity contribution is 0.0598. The van der Waals surface area contributed by atoms with E-state index in [0.717, 1.165) is 5.56 Å². The highest BCUT2D eigenvalue weighted by molar-refractivity contribution is 6.04. The number of nitrogens with two attached hydrogens (primary N) is 1. The molecule has 3 aromatic rings. The van der Waals surface area contributed by atoms with Gasteiger partial charge in [-0.25, -0.2) is 19.7 Å². The predicted octanol–water partition coefficient (Wildman–Crippen LogP) is 4.60. The molecule has 2 N–H and O–H groups in total. The Morgan fingerprint density at radius 2 is 1.89 bits per heavy atom. The third-order valence-corrected chi connectivity index (χ3v) is 4.01. The SMILES string of the molecule is COc1cc2ncnc(N(C(=O)OC(C)(C)C)c3cccc(C)c3)c2cc1N. The molecule has 0 fully saturated rings. The summed E-state index contributed by atoms with van der Waals surface area (Å²) in [7, 11) is 1.54. The average Bonchev–Trinajstić information content (AvgIpc) is 2.60. The van der Waals surface area contributed by atoms with E-state index < -0.39 is 11.7 Å². The predicted molar refractivity (Wildman–Crippen MR) is 110 cm³/mol. The largest absolute Gasteiger partial charge is 0.495 e. The van der Waals surface area contributed by atoms with Crippen LogP contribution in [0.1, 0.15) is 26.3 Å². The molecular weight excluding hydrogens is 356 g/mol. The topological polar surface area (TPSA) is 90.6 Å². The molecule has 1 heterocycles. The van der Waals surface area contributed by atoms with Crippen molar-refractivity contribution < 1.29 is 14.3 Å². The van der Waals surface area contributed by atoms with Crippen LogP contribution in [-0.4, -0.2) is 28.8 Å². The second-order valence-electron chi connectivity index (χ2n) is 7.46. The van der Waals surface area contributed by atoms with Gasteiger partial charge in [-0.05, 0) is 51.5 Å². The minimum Gasteiger partial charge on any atom is -0.495 e. The van der Waals surface area contributed by atoms with E-state index in [0.29, 0.717) is 33.8 Å². The summed E-state index contributed by atoms with van der Waals surface area (Å²) in [5.41, 5.74) is 8.12. The number of aromatic nitrogens is 2. The molecule has 7 heteroatoms. The molecule has 0 saturated heterocycles. The maximum atomic E-state index is 13.1. The first-order valence-electron chi connectivity index (χ1n) is 8.87. The summed E-state index contributed by atoms with van der Waals surface area (Å²) >= 11 is 0. The van der Waals surface area contributed by atoms with Crippen molar-refractivity contribution in [2.24, 2.45) is 0 Å². The Hall–Kier alpha value is -3.35. The van der Waals surface area contributed by atoms with E-state index in [1.54, 1.807) is 19.2 Å². The van der Waals surface area contributed by atoms with Crippen molar-refractivity contribution in [3.63, 3.8) is 0 Å². The van der Waals surface area contributed by atoms with Crippen LogP contribution in [0.15, 0.2) is 42.7 Å². The van der Waals surface area contributed by atoms with Crippen molar-refractivity contribution in [1.82, 2.24) is 9.97 Å². The molecule has 0 bridgehead atoms. The first kappa shape index (κ1) is 19.4. The van der Waals surface area contributed by atoms with Gasteiger partial charge in [-0.15, -0.1) is 0 Å². The molecule has 0 spiro atoms. The Bertz CT molecular complexity index is 1030. The van der Waals surface area contributed by atoms with Gasteiger partial charge in [0.1, 0.15) is 17.7 Å². The molecule has 28 heavy (non-hydrogen) atoms. The Kier molecular flexibility index (Phi) is 5.09. The fraction of sp³-hybridized carbons (Fsp3) is 0.286. The van der Waals surface area contributed by atoms with Gasteiger partial charge in [0.15, 0.2) is 5.82 Å². The van der Waals surface area contributed by atoms with E-state index in [9.17, 15) is 4.79 Å². The number of hydrogen-bond acceptors (Lipinski definition) is 6. The van der Waals surface area contributed by atoms with Gasteiger partial charge >= 0.3 is 6.09 Å². The normalized spacial score (nSPS) is 11.3. The number of benzene rings is 2. The minimum atomic E-state index is -0.662. The van der Waals surface area contributed by atoms with E-state index in [1.807, 2.05) is 52.0 Å². The van der Waals surface area contributed by atoms with Crippen molar-refractivity contribution >= 4 is 34.2 Å². The molecule has 0 saturated carbocycles. The Labute approximate surface area is 164 Å². The summed E-state index contributed by atoms with van der Waals surface area (Å²) in [5.74, 6) is 0.899. The molecule has 2 aromatic carbocycles. The molecule has 1 amide bonds. The number of ether oxygens (including phenoxy) is 2. The molecule has 7 nitrogen and oxygen atoms in total. The molecule has 0 radical (unpaired) electrons. The summed E-state index contributed by atoms with van der Waals surface area (Å²) in [6, 6.07) is 11.0. The maximum absolute atomic E-state index is 13.1. The Morgan fingerprint density at radius 3 is 2.54 bits per heavy atom. The molecule has 0 aliphatic rings.